The van der Waals surface area contributed by atoms with Crippen LogP contribution in [0.4, 0.5) is 0 Å². The van der Waals surface area contributed by atoms with E-state index in [1.54, 1.807) is 17.9 Å². The van der Waals surface area contributed by atoms with Gasteiger partial charge in [0.2, 0.25) is 0 Å². The Hall–Kier alpha value is 0.150. The molecular weight excluding hydrogens is 187 g/mol. The zero-order valence-electron chi connectivity index (χ0n) is 5.01. The van der Waals surface area contributed by atoms with Crippen LogP contribution in [0.15, 0.2) is 18.2 Å². The zero-order chi connectivity index (χ0) is 7.56. The number of benzene rings is 1. The highest BCUT2D eigenvalue weighted by molar-refractivity contribution is 7.82. The van der Waals surface area contributed by atoms with E-state index < -0.39 is 0 Å². The molecule has 0 unspecified atom stereocenters. The SMILES string of the molecule is S[CH]c1ccc(Cl)cc1Cl. The minimum absolute atomic E-state index is 0.627. The average Bonchev–Trinajstić information content (AvgIpc) is 1.88. The Bertz CT molecular complexity index is 235. The lowest BCUT2D eigenvalue weighted by Crippen LogP contribution is -1.76. The molecule has 0 aromatic heterocycles. The molecule has 0 amide bonds. The van der Waals surface area contributed by atoms with Crippen LogP contribution in [0.2, 0.25) is 10.0 Å². The molecule has 1 rings (SSSR count). The molecule has 0 aliphatic carbocycles. The van der Waals surface area contributed by atoms with Crippen molar-refractivity contribution >= 4 is 35.8 Å². The number of rotatable bonds is 1. The lowest BCUT2D eigenvalue weighted by molar-refractivity contribution is 1.59. The van der Waals surface area contributed by atoms with Crippen LogP contribution in [0, 0.1) is 5.75 Å². The van der Waals surface area contributed by atoms with Crippen molar-refractivity contribution in [2.24, 2.45) is 0 Å². The molecule has 0 atom stereocenters. The molecule has 1 aromatic rings. The summed E-state index contributed by atoms with van der Waals surface area (Å²) in [5.74, 6) is 1.64. The second kappa shape index (κ2) is 3.51. The van der Waals surface area contributed by atoms with Gasteiger partial charge in [-0.15, -0.1) is 0 Å². The standard InChI is InChI=1S/C7H5Cl2S/c8-6-2-1-5(4-10)7(9)3-6/h1-4,10H. The van der Waals surface area contributed by atoms with Crippen molar-refractivity contribution in [1.82, 2.24) is 0 Å². The number of hydrogen-bond donors (Lipinski definition) is 1. The fourth-order valence-electron chi connectivity index (χ4n) is 0.606. The fourth-order valence-corrected chi connectivity index (χ4v) is 1.37. The molecule has 0 saturated carbocycles. The molecule has 0 fully saturated rings. The highest BCUT2D eigenvalue weighted by Gasteiger charge is 1.97. The van der Waals surface area contributed by atoms with Gasteiger partial charge in [-0.1, -0.05) is 29.3 Å². The van der Waals surface area contributed by atoms with E-state index in [1.165, 1.54) is 0 Å². The molecule has 0 nitrogen and oxygen atoms in total. The van der Waals surface area contributed by atoms with Crippen molar-refractivity contribution in [2.75, 3.05) is 0 Å². The summed E-state index contributed by atoms with van der Waals surface area (Å²) in [5, 5.41) is 1.27. The Morgan fingerprint density at radius 1 is 1.30 bits per heavy atom. The van der Waals surface area contributed by atoms with E-state index >= 15 is 0 Å². The van der Waals surface area contributed by atoms with Crippen molar-refractivity contribution < 1.29 is 0 Å². The molecule has 1 radical (unpaired) electrons. The molecule has 1 aromatic carbocycles. The Balaban J connectivity index is 3.07. The fraction of sp³-hybridized carbons (Fsp3) is 0. The van der Waals surface area contributed by atoms with Crippen LogP contribution < -0.4 is 0 Å². The van der Waals surface area contributed by atoms with Crippen LogP contribution in [0.3, 0.4) is 0 Å². The summed E-state index contributed by atoms with van der Waals surface area (Å²) in [7, 11) is 0. The third-order valence-corrected chi connectivity index (χ3v) is 1.94. The van der Waals surface area contributed by atoms with E-state index in [-0.39, 0.29) is 0 Å². The zero-order valence-corrected chi connectivity index (χ0v) is 7.42. The summed E-state index contributed by atoms with van der Waals surface area (Å²) in [6, 6.07) is 5.28. The third-order valence-electron chi connectivity index (χ3n) is 1.10. The molecule has 0 N–H and O–H groups in total. The highest BCUT2D eigenvalue weighted by Crippen LogP contribution is 2.22. The van der Waals surface area contributed by atoms with Crippen molar-refractivity contribution in [2.45, 2.75) is 0 Å². The lowest BCUT2D eigenvalue weighted by Gasteiger charge is -1.98. The van der Waals surface area contributed by atoms with Crippen LogP contribution in [0.25, 0.3) is 0 Å². The van der Waals surface area contributed by atoms with Gasteiger partial charge in [-0.2, -0.15) is 12.6 Å². The van der Waals surface area contributed by atoms with E-state index in [2.05, 4.69) is 12.6 Å². The van der Waals surface area contributed by atoms with Gasteiger partial charge in [0, 0.05) is 15.8 Å². The summed E-state index contributed by atoms with van der Waals surface area (Å²) in [5.41, 5.74) is 0.884. The average molecular weight is 192 g/mol. The molecule has 0 saturated heterocycles. The quantitative estimate of drug-likeness (QED) is 0.647. The van der Waals surface area contributed by atoms with Gasteiger partial charge in [0.15, 0.2) is 0 Å². The Labute approximate surface area is 75.6 Å². The van der Waals surface area contributed by atoms with Crippen molar-refractivity contribution in [3.8, 4) is 0 Å². The first-order valence-electron chi connectivity index (χ1n) is 2.66. The number of thiol groups is 1. The first kappa shape index (κ1) is 8.25. The monoisotopic (exact) mass is 191 g/mol. The van der Waals surface area contributed by atoms with Gasteiger partial charge in [0.25, 0.3) is 0 Å². The normalized spacial score (nSPS) is 9.90. The molecule has 3 heteroatoms. The Morgan fingerprint density at radius 2 is 2.00 bits per heavy atom. The van der Waals surface area contributed by atoms with Crippen molar-refractivity contribution in [3.63, 3.8) is 0 Å². The van der Waals surface area contributed by atoms with Crippen LogP contribution in [0.1, 0.15) is 5.56 Å². The van der Waals surface area contributed by atoms with E-state index in [9.17, 15) is 0 Å². The smallest absolute Gasteiger partial charge is 0.0464 e. The van der Waals surface area contributed by atoms with Crippen molar-refractivity contribution in [1.29, 1.82) is 0 Å². The van der Waals surface area contributed by atoms with E-state index in [0.29, 0.717) is 10.0 Å². The summed E-state index contributed by atoms with van der Waals surface area (Å²) >= 11 is 15.4. The lowest BCUT2D eigenvalue weighted by atomic mass is 10.2. The summed E-state index contributed by atoms with van der Waals surface area (Å²) in [6.45, 7) is 0. The van der Waals surface area contributed by atoms with E-state index in [1.807, 2.05) is 6.07 Å². The van der Waals surface area contributed by atoms with Crippen LogP contribution in [-0.2, 0) is 0 Å². The Kier molecular flexibility index (Phi) is 2.90. The maximum absolute atomic E-state index is 5.77. The first-order chi connectivity index (χ1) is 4.74. The molecule has 0 bridgehead atoms. The summed E-state index contributed by atoms with van der Waals surface area (Å²) in [6.07, 6.45) is 0. The van der Waals surface area contributed by atoms with Gasteiger partial charge >= 0.3 is 0 Å². The predicted molar refractivity (Wildman–Crippen MR) is 48.9 cm³/mol. The van der Waals surface area contributed by atoms with Gasteiger partial charge in [0.1, 0.15) is 0 Å². The highest BCUT2D eigenvalue weighted by atomic mass is 35.5. The number of hydrogen-bond acceptors (Lipinski definition) is 1. The maximum atomic E-state index is 5.77. The molecule has 10 heavy (non-hydrogen) atoms. The van der Waals surface area contributed by atoms with Gasteiger partial charge < -0.3 is 0 Å². The Morgan fingerprint density at radius 3 is 2.50 bits per heavy atom. The molecule has 0 spiro atoms. The van der Waals surface area contributed by atoms with Gasteiger partial charge in [-0.3, -0.25) is 0 Å². The minimum Gasteiger partial charge on any atom is -0.170 e. The predicted octanol–water partition coefficient (Wildman–Crippen LogP) is 3.43. The molecule has 53 valence electrons. The van der Waals surface area contributed by atoms with E-state index in [0.717, 1.165) is 5.56 Å². The second-order valence-electron chi connectivity index (χ2n) is 1.79. The number of halogens is 2. The molecule has 0 heterocycles. The van der Waals surface area contributed by atoms with Gasteiger partial charge in [-0.05, 0) is 17.7 Å². The first-order valence-corrected chi connectivity index (χ1v) is 3.94. The molecule has 0 aliphatic rings. The maximum Gasteiger partial charge on any atom is 0.0464 e. The van der Waals surface area contributed by atoms with Gasteiger partial charge in [0.05, 0.1) is 0 Å². The second-order valence-corrected chi connectivity index (χ2v) is 2.90. The van der Waals surface area contributed by atoms with Crippen LogP contribution in [0.5, 0.6) is 0 Å². The molecule has 0 aliphatic heterocycles. The van der Waals surface area contributed by atoms with Crippen LogP contribution in [-0.4, -0.2) is 0 Å². The summed E-state index contributed by atoms with van der Waals surface area (Å²) in [4.78, 5) is 0. The van der Waals surface area contributed by atoms with Crippen LogP contribution >= 0.6 is 35.8 Å². The summed E-state index contributed by atoms with van der Waals surface area (Å²) < 4.78 is 0. The van der Waals surface area contributed by atoms with Gasteiger partial charge in [-0.25, -0.2) is 0 Å². The topological polar surface area (TPSA) is 0 Å². The third kappa shape index (κ3) is 1.82. The minimum atomic E-state index is 0.627. The van der Waals surface area contributed by atoms with Crippen molar-refractivity contribution in [3.05, 3.63) is 39.6 Å². The van der Waals surface area contributed by atoms with E-state index in [4.69, 9.17) is 23.2 Å². The molecular formula is C7H5Cl2S. The largest absolute Gasteiger partial charge is 0.170 e.